The van der Waals surface area contributed by atoms with E-state index in [0.29, 0.717) is 11.6 Å². The third-order valence-corrected chi connectivity index (χ3v) is 7.84. The molecule has 0 saturated carbocycles. The number of Topliss-reactive ketones (excluding diaryl/α,β-unsaturated/α-hetero) is 1. The summed E-state index contributed by atoms with van der Waals surface area (Å²) in [5.74, 6) is -0.248. The number of methoxy groups -OCH3 is 1. The van der Waals surface area contributed by atoms with Crippen molar-refractivity contribution >= 4 is 17.4 Å². The van der Waals surface area contributed by atoms with Crippen molar-refractivity contribution in [1.82, 2.24) is 4.90 Å². The van der Waals surface area contributed by atoms with Crippen molar-refractivity contribution < 1.29 is 14.3 Å². The fourth-order valence-electron chi connectivity index (χ4n) is 6.51. The Morgan fingerprint density at radius 2 is 2.00 bits per heavy atom. The van der Waals surface area contributed by atoms with Crippen molar-refractivity contribution in [2.24, 2.45) is 11.3 Å². The van der Waals surface area contributed by atoms with Crippen LogP contribution >= 0.6 is 0 Å². The fourth-order valence-corrected chi connectivity index (χ4v) is 6.51. The van der Waals surface area contributed by atoms with Crippen LogP contribution in [0.25, 0.3) is 0 Å². The number of likely N-dealkylation sites (N-methyl/N-ethyl adjacent to an activating group) is 1. The van der Waals surface area contributed by atoms with Gasteiger partial charge in [-0.2, -0.15) is 0 Å². The molecule has 1 aromatic rings. The maximum Gasteiger partial charge on any atom is 0.335 e. The molecule has 2 fully saturated rings. The van der Waals surface area contributed by atoms with Crippen molar-refractivity contribution in [3.8, 4) is 0 Å². The molecule has 3 heterocycles. The number of nitrogens with one attached hydrogen (secondary N) is 1. The van der Waals surface area contributed by atoms with Crippen LogP contribution in [-0.2, 0) is 19.7 Å². The van der Waals surface area contributed by atoms with E-state index in [2.05, 4.69) is 35.5 Å². The van der Waals surface area contributed by atoms with Gasteiger partial charge in [-0.1, -0.05) is 25.1 Å². The molecule has 5 nitrogen and oxygen atoms in total. The van der Waals surface area contributed by atoms with Crippen LogP contribution in [0.4, 0.5) is 5.69 Å². The summed E-state index contributed by atoms with van der Waals surface area (Å²) in [7, 11) is 3.57. The summed E-state index contributed by atoms with van der Waals surface area (Å²) in [6.07, 6.45) is 1.67. The average molecular weight is 352 g/mol. The molecule has 1 N–H and O–H groups in total. The zero-order chi connectivity index (χ0) is 18.4. The molecule has 136 valence electrons. The van der Waals surface area contributed by atoms with Gasteiger partial charge in [0.05, 0.1) is 18.1 Å². The van der Waals surface area contributed by atoms with E-state index in [-0.39, 0.29) is 29.1 Å². The lowest BCUT2D eigenvalue weighted by Gasteiger charge is -2.52. The van der Waals surface area contributed by atoms with E-state index in [1.807, 2.05) is 13.0 Å². The molecule has 1 aromatic carbocycles. The van der Waals surface area contributed by atoms with Crippen LogP contribution < -0.4 is 5.32 Å². The second kappa shape index (κ2) is 4.77. The average Bonchev–Trinajstić information content (AvgIpc) is 3.05. The molecule has 3 aliphatic heterocycles. The van der Waals surface area contributed by atoms with E-state index < -0.39 is 5.41 Å². The molecular formula is C21H24N2O3. The summed E-state index contributed by atoms with van der Waals surface area (Å²) >= 11 is 0. The topological polar surface area (TPSA) is 58.6 Å². The van der Waals surface area contributed by atoms with E-state index in [0.717, 1.165) is 24.2 Å². The molecule has 3 bridgehead atoms. The van der Waals surface area contributed by atoms with Crippen LogP contribution in [0.3, 0.4) is 0 Å². The largest absolute Gasteiger partial charge is 0.466 e. The van der Waals surface area contributed by atoms with Crippen LogP contribution in [0.1, 0.15) is 32.3 Å². The minimum absolute atomic E-state index is 0.105. The molecule has 1 aliphatic carbocycles. The Hall–Kier alpha value is -2.14. The first-order chi connectivity index (χ1) is 12.4. The van der Waals surface area contributed by atoms with Gasteiger partial charge in [0, 0.05) is 34.8 Å². The van der Waals surface area contributed by atoms with Crippen LogP contribution in [0.5, 0.6) is 0 Å². The molecule has 4 aliphatic rings. The highest BCUT2D eigenvalue weighted by molar-refractivity contribution is 5.96. The smallest absolute Gasteiger partial charge is 0.335 e. The molecule has 5 rings (SSSR count). The monoisotopic (exact) mass is 352 g/mol. The van der Waals surface area contributed by atoms with E-state index in [9.17, 15) is 9.59 Å². The van der Waals surface area contributed by atoms with Crippen molar-refractivity contribution in [1.29, 1.82) is 0 Å². The first kappa shape index (κ1) is 16.1. The Balaban J connectivity index is 1.85. The zero-order valence-corrected chi connectivity index (χ0v) is 15.6. The predicted molar refractivity (Wildman–Crippen MR) is 97.6 cm³/mol. The highest BCUT2D eigenvalue weighted by Crippen LogP contribution is 2.68. The Kier molecular flexibility index (Phi) is 2.95. The summed E-state index contributed by atoms with van der Waals surface area (Å²) in [4.78, 5) is 28.1. The number of ketones is 1. The maximum absolute atomic E-state index is 12.9. The number of carbonyl (C=O) groups is 2. The molecule has 2 saturated heterocycles. The molecular weight excluding hydrogens is 328 g/mol. The second-order valence-electron chi connectivity index (χ2n) is 8.45. The molecule has 1 spiro atoms. The molecule has 5 unspecified atom stereocenters. The Morgan fingerprint density at radius 1 is 1.27 bits per heavy atom. The number of fused-ring (bicyclic) bond motifs is 3. The van der Waals surface area contributed by atoms with Crippen molar-refractivity contribution in [3.63, 3.8) is 0 Å². The summed E-state index contributed by atoms with van der Waals surface area (Å²) < 4.78 is 5.19. The molecule has 0 aromatic heterocycles. The van der Waals surface area contributed by atoms with E-state index in [1.165, 1.54) is 12.7 Å². The van der Waals surface area contributed by atoms with E-state index in [4.69, 9.17) is 4.74 Å². The van der Waals surface area contributed by atoms with Crippen molar-refractivity contribution in [3.05, 3.63) is 41.1 Å². The number of ether oxygens (including phenoxy) is 1. The number of hydrogen-bond donors (Lipinski definition) is 1. The van der Waals surface area contributed by atoms with Gasteiger partial charge < -0.3 is 10.1 Å². The number of nitrogens with zero attached hydrogens (tertiary/aromatic N) is 1. The molecule has 0 amide bonds. The first-order valence-corrected chi connectivity index (χ1v) is 9.29. The Morgan fingerprint density at radius 3 is 2.69 bits per heavy atom. The first-order valence-electron chi connectivity index (χ1n) is 9.29. The number of piperidine rings is 1. The van der Waals surface area contributed by atoms with Crippen molar-refractivity contribution in [2.45, 2.75) is 44.2 Å². The van der Waals surface area contributed by atoms with Gasteiger partial charge in [-0.05, 0) is 38.4 Å². The predicted octanol–water partition coefficient (Wildman–Crippen LogP) is 2.48. The van der Waals surface area contributed by atoms with Gasteiger partial charge >= 0.3 is 5.97 Å². The van der Waals surface area contributed by atoms with Crippen LogP contribution in [0.2, 0.25) is 0 Å². The summed E-state index contributed by atoms with van der Waals surface area (Å²) in [6.45, 7) is 3.72. The minimum atomic E-state index is -0.577. The van der Waals surface area contributed by atoms with Crippen molar-refractivity contribution in [2.75, 3.05) is 19.5 Å². The number of esters is 1. The van der Waals surface area contributed by atoms with E-state index in [1.54, 1.807) is 6.92 Å². The summed E-state index contributed by atoms with van der Waals surface area (Å²) in [6, 6.07) is 8.75. The minimum Gasteiger partial charge on any atom is -0.466 e. The Bertz CT molecular complexity index is 891. The number of rotatable bonds is 2. The molecule has 26 heavy (non-hydrogen) atoms. The normalized spacial score (nSPS) is 39.5. The summed E-state index contributed by atoms with van der Waals surface area (Å²) in [5.41, 5.74) is 3.17. The standard InChI is InChI=1S/C21H24N2O3/c1-11(24)20(2)13-9-15-21(10-16(20)23(15)3)12-7-5-6-8-14(12)22-18(21)17(13)19(25)26-4/h5-8,13,15-16,22H,9-10H2,1-4H3. The molecule has 0 radical (unpaired) electrons. The number of benzene rings is 1. The van der Waals surface area contributed by atoms with E-state index >= 15 is 0 Å². The lowest BCUT2D eigenvalue weighted by atomic mass is 9.59. The summed E-state index contributed by atoms with van der Waals surface area (Å²) in [5, 5.41) is 3.56. The van der Waals surface area contributed by atoms with Gasteiger partial charge in [0.25, 0.3) is 0 Å². The molecule has 5 heteroatoms. The number of carbonyl (C=O) groups excluding carboxylic acids is 2. The SMILES string of the molecule is COC(=O)C1=C2Nc3ccccc3C23CC2N(C)C3CC1C2(C)C(C)=O. The highest BCUT2D eigenvalue weighted by Gasteiger charge is 2.71. The van der Waals surface area contributed by atoms with Gasteiger partial charge in [-0.25, -0.2) is 4.79 Å². The zero-order valence-electron chi connectivity index (χ0n) is 15.6. The number of anilines is 1. The van der Waals surface area contributed by atoms with Crippen LogP contribution in [0.15, 0.2) is 35.5 Å². The highest BCUT2D eigenvalue weighted by atomic mass is 16.5. The lowest BCUT2D eigenvalue weighted by molar-refractivity contribution is -0.142. The quantitative estimate of drug-likeness (QED) is 0.829. The van der Waals surface area contributed by atoms with Gasteiger partial charge in [0.15, 0.2) is 0 Å². The third-order valence-electron chi connectivity index (χ3n) is 7.84. The molecule has 5 atom stereocenters. The van der Waals surface area contributed by atoms with Gasteiger partial charge in [0.2, 0.25) is 0 Å². The van der Waals surface area contributed by atoms with Gasteiger partial charge in [-0.3, -0.25) is 9.69 Å². The Labute approximate surface area is 153 Å². The van der Waals surface area contributed by atoms with Crippen LogP contribution in [-0.4, -0.2) is 42.9 Å². The maximum atomic E-state index is 12.9. The third kappa shape index (κ3) is 1.49. The van der Waals surface area contributed by atoms with Gasteiger partial charge in [0.1, 0.15) is 5.78 Å². The number of hydrogen-bond acceptors (Lipinski definition) is 5. The fraction of sp³-hybridized carbons (Fsp3) is 0.524. The lowest BCUT2D eigenvalue weighted by Crippen LogP contribution is -2.60. The number of para-hydroxylation sites is 1. The second-order valence-corrected chi connectivity index (χ2v) is 8.45. The van der Waals surface area contributed by atoms with Gasteiger partial charge in [-0.15, -0.1) is 0 Å². The van der Waals surface area contributed by atoms with Crippen LogP contribution in [0, 0.1) is 11.3 Å².